The Hall–Kier alpha value is -1.07. The Morgan fingerprint density at radius 2 is 2.10 bits per heavy atom. The van der Waals surface area contributed by atoms with Crippen LogP contribution in [0.2, 0.25) is 0 Å². The molecule has 2 aliphatic rings. The SMILES string of the molecule is COc1cc(Br)ccc1C(=O)N1CCC2(CCNC2)CC1. The summed E-state index contributed by atoms with van der Waals surface area (Å²) >= 11 is 3.41. The second-order valence-corrected chi connectivity index (χ2v) is 6.98. The summed E-state index contributed by atoms with van der Waals surface area (Å²) in [5.74, 6) is 0.720. The van der Waals surface area contributed by atoms with Gasteiger partial charge in [-0.3, -0.25) is 4.79 Å². The maximum absolute atomic E-state index is 12.7. The highest BCUT2D eigenvalue weighted by molar-refractivity contribution is 9.10. The molecule has 1 aromatic rings. The summed E-state index contributed by atoms with van der Waals surface area (Å²) in [7, 11) is 1.61. The zero-order valence-corrected chi connectivity index (χ0v) is 13.9. The van der Waals surface area contributed by atoms with E-state index in [0.29, 0.717) is 16.7 Å². The molecule has 1 aromatic carbocycles. The standard InChI is InChI=1S/C16H21BrN2O2/c1-21-14-10-12(17)2-3-13(14)15(20)19-8-5-16(6-9-19)4-7-18-11-16/h2-3,10,18H,4-9,11H2,1H3. The monoisotopic (exact) mass is 352 g/mol. The Bertz CT molecular complexity index is 531. The highest BCUT2D eigenvalue weighted by atomic mass is 79.9. The molecule has 21 heavy (non-hydrogen) atoms. The molecular weight excluding hydrogens is 332 g/mol. The van der Waals surface area contributed by atoms with Crippen molar-refractivity contribution in [1.29, 1.82) is 0 Å². The molecule has 0 unspecified atom stereocenters. The summed E-state index contributed by atoms with van der Waals surface area (Å²) in [6.07, 6.45) is 3.45. The molecule has 2 fully saturated rings. The van der Waals surface area contributed by atoms with E-state index in [9.17, 15) is 4.79 Å². The van der Waals surface area contributed by atoms with Gasteiger partial charge in [-0.25, -0.2) is 0 Å². The summed E-state index contributed by atoms with van der Waals surface area (Å²) in [6, 6.07) is 5.58. The van der Waals surface area contributed by atoms with Crippen LogP contribution in [0, 0.1) is 5.41 Å². The molecular formula is C16H21BrN2O2. The molecule has 0 atom stereocenters. The fourth-order valence-electron chi connectivity index (χ4n) is 3.42. The van der Waals surface area contributed by atoms with Crippen molar-refractivity contribution in [2.45, 2.75) is 19.3 Å². The van der Waals surface area contributed by atoms with Gasteiger partial charge in [-0.1, -0.05) is 15.9 Å². The van der Waals surface area contributed by atoms with Crippen molar-refractivity contribution in [1.82, 2.24) is 10.2 Å². The molecule has 1 spiro atoms. The van der Waals surface area contributed by atoms with Gasteiger partial charge >= 0.3 is 0 Å². The summed E-state index contributed by atoms with van der Waals surface area (Å²) in [6.45, 7) is 3.92. The van der Waals surface area contributed by atoms with E-state index in [1.807, 2.05) is 23.1 Å². The van der Waals surface area contributed by atoms with Crippen LogP contribution >= 0.6 is 15.9 Å². The van der Waals surface area contributed by atoms with E-state index < -0.39 is 0 Å². The normalized spacial score (nSPS) is 20.8. The van der Waals surface area contributed by atoms with Crippen molar-refractivity contribution in [2.75, 3.05) is 33.3 Å². The Kier molecular flexibility index (Phi) is 4.22. The molecule has 0 aliphatic carbocycles. The molecule has 0 saturated carbocycles. The lowest BCUT2D eigenvalue weighted by Crippen LogP contribution is -2.44. The maximum atomic E-state index is 12.7. The van der Waals surface area contributed by atoms with Crippen LogP contribution in [0.1, 0.15) is 29.6 Å². The van der Waals surface area contributed by atoms with E-state index in [2.05, 4.69) is 21.2 Å². The number of benzene rings is 1. The lowest BCUT2D eigenvalue weighted by atomic mass is 9.78. The van der Waals surface area contributed by atoms with Crippen molar-refractivity contribution in [3.8, 4) is 5.75 Å². The minimum Gasteiger partial charge on any atom is -0.496 e. The van der Waals surface area contributed by atoms with Gasteiger partial charge in [0.25, 0.3) is 5.91 Å². The minimum absolute atomic E-state index is 0.0835. The molecule has 0 aromatic heterocycles. The van der Waals surface area contributed by atoms with Gasteiger partial charge in [0, 0.05) is 24.1 Å². The third kappa shape index (κ3) is 2.94. The van der Waals surface area contributed by atoms with E-state index in [-0.39, 0.29) is 5.91 Å². The molecule has 2 aliphatic heterocycles. The third-order valence-corrected chi connectivity index (χ3v) is 5.33. The Labute approximate surface area is 134 Å². The van der Waals surface area contributed by atoms with Gasteiger partial charge in [0.05, 0.1) is 12.7 Å². The molecule has 2 heterocycles. The number of nitrogens with zero attached hydrogens (tertiary/aromatic N) is 1. The van der Waals surface area contributed by atoms with Gasteiger partial charge < -0.3 is 15.0 Å². The number of hydrogen-bond donors (Lipinski definition) is 1. The zero-order chi connectivity index (χ0) is 14.9. The number of amides is 1. The first-order valence-electron chi connectivity index (χ1n) is 7.47. The van der Waals surface area contributed by atoms with E-state index in [1.54, 1.807) is 7.11 Å². The molecule has 0 radical (unpaired) electrons. The quantitative estimate of drug-likeness (QED) is 0.889. The van der Waals surface area contributed by atoms with Gasteiger partial charge in [0.15, 0.2) is 0 Å². The molecule has 1 amide bonds. The van der Waals surface area contributed by atoms with E-state index >= 15 is 0 Å². The second-order valence-electron chi connectivity index (χ2n) is 6.06. The van der Waals surface area contributed by atoms with Crippen LogP contribution in [0.15, 0.2) is 22.7 Å². The molecule has 2 saturated heterocycles. The van der Waals surface area contributed by atoms with Crippen molar-refractivity contribution in [2.24, 2.45) is 5.41 Å². The first-order chi connectivity index (χ1) is 10.1. The van der Waals surface area contributed by atoms with Crippen LogP contribution in [0.4, 0.5) is 0 Å². The minimum atomic E-state index is 0.0835. The Morgan fingerprint density at radius 1 is 1.33 bits per heavy atom. The topological polar surface area (TPSA) is 41.6 Å². The average Bonchev–Trinajstić information content (AvgIpc) is 2.95. The van der Waals surface area contributed by atoms with Gasteiger partial charge in [0.2, 0.25) is 0 Å². The van der Waals surface area contributed by atoms with Crippen LogP contribution in [0.3, 0.4) is 0 Å². The smallest absolute Gasteiger partial charge is 0.257 e. The average molecular weight is 353 g/mol. The van der Waals surface area contributed by atoms with Gasteiger partial charge in [-0.15, -0.1) is 0 Å². The Balaban J connectivity index is 1.72. The molecule has 4 nitrogen and oxygen atoms in total. The number of methoxy groups -OCH3 is 1. The molecule has 5 heteroatoms. The van der Waals surface area contributed by atoms with Crippen LogP contribution in [0.5, 0.6) is 5.75 Å². The highest BCUT2D eigenvalue weighted by Gasteiger charge is 2.38. The largest absolute Gasteiger partial charge is 0.496 e. The molecule has 1 N–H and O–H groups in total. The lowest BCUT2D eigenvalue weighted by molar-refractivity contribution is 0.0604. The van der Waals surface area contributed by atoms with Crippen LogP contribution in [-0.4, -0.2) is 44.1 Å². The number of ether oxygens (including phenoxy) is 1. The van der Waals surface area contributed by atoms with Crippen molar-refractivity contribution < 1.29 is 9.53 Å². The summed E-state index contributed by atoms with van der Waals surface area (Å²) < 4.78 is 6.27. The molecule has 114 valence electrons. The summed E-state index contributed by atoms with van der Waals surface area (Å²) in [4.78, 5) is 14.7. The van der Waals surface area contributed by atoms with E-state index in [4.69, 9.17) is 4.74 Å². The molecule has 0 bridgehead atoms. The number of rotatable bonds is 2. The van der Waals surface area contributed by atoms with Crippen LogP contribution < -0.4 is 10.1 Å². The summed E-state index contributed by atoms with van der Waals surface area (Å²) in [5, 5.41) is 3.45. The van der Waals surface area contributed by atoms with Crippen molar-refractivity contribution >= 4 is 21.8 Å². The van der Waals surface area contributed by atoms with Gasteiger partial charge in [-0.05, 0) is 49.4 Å². The highest BCUT2D eigenvalue weighted by Crippen LogP contribution is 2.37. The number of carbonyl (C=O) groups is 1. The van der Waals surface area contributed by atoms with Gasteiger partial charge in [-0.2, -0.15) is 0 Å². The maximum Gasteiger partial charge on any atom is 0.257 e. The van der Waals surface area contributed by atoms with Crippen molar-refractivity contribution in [3.63, 3.8) is 0 Å². The Morgan fingerprint density at radius 3 is 2.71 bits per heavy atom. The predicted molar refractivity (Wildman–Crippen MR) is 85.8 cm³/mol. The first kappa shape index (κ1) is 14.9. The number of halogens is 1. The lowest BCUT2D eigenvalue weighted by Gasteiger charge is -2.39. The number of carbonyl (C=O) groups excluding carboxylic acids is 1. The van der Waals surface area contributed by atoms with Crippen molar-refractivity contribution in [3.05, 3.63) is 28.2 Å². The number of hydrogen-bond acceptors (Lipinski definition) is 3. The number of likely N-dealkylation sites (tertiary alicyclic amines) is 1. The first-order valence-corrected chi connectivity index (χ1v) is 8.26. The van der Waals surface area contributed by atoms with Gasteiger partial charge in [0.1, 0.15) is 5.75 Å². The van der Waals surface area contributed by atoms with Crippen LogP contribution in [0.25, 0.3) is 0 Å². The number of nitrogens with one attached hydrogen (secondary N) is 1. The fourth-order valence-corrected chi connectivity index (χ4v) is 3.76. The predicted octanol–water partition coefficient (Wildman–Crippen LogP) is 2.67. The third-order valence-electron chi connectivity index (χ3n) is 4.84. The van der Waals surface area contributed by atoms with Crippen LogP contribution in [-0.2, 0) is 0 Å². The van der Waals surface area contributed by atoms with E-state index in [0.717, 1.165) is 43.5 Å². The second kappa shape index (κ2) is 5.97. The zero-order valence-electron chi connectivity index (χ0n) is 12.3. The fraction of sp³-hybridized carbons (Fsp3) is 0.562. The molecule has 3 rings (SSSR count). The van der Waals surface area contributed by atoms with E-state index in [1.165, 1.54) is 6.42 Å². The number of piperidine rings is 1. The summed E-state index contributed by atoms with van der Waals surface area (Å²) in [5.41, 5.74) is 1.09.